The van der Waals surface area contributed by atoms with Crippen LogP contribution in [0, 0.1) is 40.4 Å². The van der Waals surface area contributed by atoms with Gasteiger partial charge in [-0.25, -0.2) is 4.99 Å². The lowest BCUT2D eigenvalue weighted by Crippen LogP contribution is -2.90. The van der Waals surface area contributed by atoms with Crippen molar-refractivity contribution in [3.05, 3.63) is 35.4 Å². The van der Waals surface area contributed by atoms with E-state index in [2.05, 4.69) is 17.1 Å². The number of nitrogens with zero attached hydrogens (tertiary/aromatic N) is 2. The number of hydrogen-bond acceptors (Lipinski definition) is 5. The highest BCUT2D eigenvalue weighted by atomic mass is 16.8. The third-order valence-corrected chi connectivity index (χ3v) is 6.28. The molecule has 25 heavy (non-hydrogen) atoms. The fraction of sp³-hybridized carbons (Fsp3) is 0.526. The Morgan fingerprint density at radius 2 is 1.96 bits per heavy atom. The molecule has 4 rings (SSSR count). The second-order valence-electron chi connectivity index (χ2n) is 7.24. The Labute approximate surface area is 146 Å². The molecular weight excluding hydrogens is 316 g/mol. The number of nitrogens with one attached hydrogen (secondary N) is 1. The minimum Gasteiger partial charge on any atom is -0.311 e. The lowest BCUT2D eigenvalue weighted by Gasteiger charge is -2.29. The predicted octanol–water partition coefficient (Wildman–Crippen LogP) is 0.217. The van der Waals surface area contributed by atoms with Gasteiger partial charge in [0.15, 0.2) is 10.8 Å². The molecule has 0 radical (unpaired) electrons. The summed E-state index contributed by atoms with van der Waals surface area (Å²) in [4.78, 5) is 3.02. The van der Waals surface area contributed by atoms with Crippen LogP contribution in [-0.2, 0) is 14.9 Å². The lowest BCUT2D eigenvalue weighted by atomic mass is 9.80. The SMILES string of the molecule is CC[C@]1(c2ccc(C)cc2)[C@]2(C#N)C(N)=[NH+][C@@]3(OC[C@H](C)O3)[C@@]21C#N. The Morgan fingerprint density at radius 3 is 2.44 bits per heavy atom. The highest BCUT2D eigenvalue weighted by Gasteiger charge is 3.04. The number of fused-ring (bicyclic) bond motifs is 2. The molecule has 3 aliphatic rings. The van der Waals surface area contributed by atoms with Crippen molar-refractivity contribution in [1.82, 2.24) is 0 Å². The van der Waals surface area contributed by atoms with Crippen LogP contribution in [-0.4, -0.2) is 24.5 Å². The number of nitriles is 2. The number of aryl methyl sites for hydroxylation is 1. The zero-order chi connectivity index (χ0) is 18.1. The first kappa shape index (κ1) is 16.1. The van der Waals surface area contributed by atoms with Gasteiger partial charge >= 0.3 is 5.91 Å². The summed E-state index contributed by atoms with van der Waals surface area (Å²) in [6.07, 6.45) is 0.385. The number of nitrogens with two attached hydrogens (primary N) is 1. The zero-order valence-electron chi connectivity index (χ0n) is 14.6. The van der Waals surface area contributed by atoms with Crippen LogP contribution in [0.1, 0.15) is 31.4 Å². The van der Waals surface area contributed by atoms with E-state index in [-0.39, 0.29) is 11.9 Å². The van der Waals surface area contributed by atoms with Gasteiger partial charge in [0.05, 0.1) is 30.3 Å². The molecule has 2 aliphatic heterocycles. The van der Waals surface area contributed by atoms with E-state index in [1.807, 2.05) is 45.0 Å². The van der Waals surface area contributed by atoms with E-state index < -0.39 is 22.2 Å². The Hall–Kier alpha value is -2.41. The molecule has 6 heteroatoms. The van der Waals surface area contributed by atoms with Crippen molar-refractivity contribution in [3.8, 4) is 12.1 Å². The smallest absolute Gasteiger partial charge is 0.311 e. The average molecular weight is 337 g/mol. The van der Waals surface area contributed by atoms with Crippen LogP contribution in [0.5, 0.6) is 0 Å². The molecule has 0 unspecified atom stereocenters. The second-order valence-corrected chi connectivity index (χ2v) is 7.24. The maximum atomic E-state index is 10.3. The largest absolute Gasteiger partial charge is 0.344 e. The standard InChI is InChI=1S/C19H20N4O2/c1-4-16(14-7-5-12(2)6-8-14)17(10-20)15(22)23-19(18(16,17)11-21)24-9-13(3)25-19/h5-8,13H,4,9H2,1-3H3,(H2,22,23)/p+1/t13-,16-,17-,18+,19+/m0/s1. The summed E-state index contributed by atoms with van der Waals surface area (Å²) in [6.45, 7) is 6.21. The zero-order valence-corrected chi connectivity index (χ0v) is 14.6. The Balaban J connectivity index is 2.02. The molecule has 5 atom stereocenters. The Kier molecular flexibility index (Phi) is 2.96. The summed E-state index contributed by atoms with van der Waals surface area (Å²) >= 11 is 0. The maximum Gasteiger partial charge on any atom is 0.344 e. The van der Waals surface area contributed by atoms with Gasteiger partial charge in [-0.15, -0.1) is 0 Å². The topological polar surface area (TPSA) is 106 Å². The Bertz CT molecular complexity index is 867. The highest BCUT2D eigenvalue weighted by Crippen LogP contribution is 2.84. The maximum absolute atomic E-state index is 10.3. The fourth-order valence-corrected chi connectivity index (χ4v) is 5.30. The fourth-order valence-electron chi connectivity index (χ4n) is 5.30. The predicted molar refractivity (Wildman–Crippen MR) is 88.6 cm³/mol. The number of rotatable bonds is 2. The third kappa shape index (κ3) is 1.34. The van der Waals surface area contributed by atoms with Crippen molar-refractivity contribution in [2.24, 2.45) is 16.6 Å². The summed E-state index contributed by atoms with van der Waals surface area (Å²) in [5, 5.41) is 20.5. The minimum absolute atomic E-state index is 0.187. The van der Waals surface area contributed by atoms with Crippen molar-refractivity contribution in [1.29, 1.82) is 10.5 Å². The van der Waals surface area contributed by atoms with Crippen LogP contribution in [0.15, 0.2) is 24.3 Å². The van der Waals surface area contributed by atoms with Crippen LogP contribution >= 0.6 is 0 Å². The first-order valence-corrected chi connectivity index (χ1v) is 8.54. The van der Waals surface area contributed by atoms with E-state index in [4.69, 9.17) is 15.2 Å². The first-order chi connectivity index (χ1) is 11.9. The van der Waals surface area contributed by atoms with Crippen LogP contribution in [0.3, 0.4) is 0 Å². The summed E-state index contributed by atoms with van der Waals surface area (Å²) in [7, 11) is 0. The van der Waals surface area contributed by atoms with Gasteiger partial charge in [-0.3, -0.25) is 5.73 Å². The van der Waals surface area contributed by atoms with Crippen LogP contribution in [0.4, 0.5) is 0 Å². The highest BCUT2D eigenvalue weighted by molar-refractivity contribution is 5.97. The molecule has 2 fully saturated rings. The summed E-state index contributed by atoms with van der Waals surface area (Å²) in [5.74, 6) is -1.13. The van der Waals surface area contributed by atoms with Gasteiger partial charge in [0, 0.05) is 0 Å². The Morgan fingerprint density at radius 1 is 1.28 bits per heavy atom. The lowest BCUT2D eigenvalue weighted by molar-refractivity contribution is -0.679. The van der Waals surface area contributed by atoms with E-state index in [1.165, 1.54) is 0 Å². The summed E-state index contributed by atoms with van der Waals surface area (Å²) < 4.78 is 12.0. The molecule has 1 aromatic rings. The molecule has 0 amide bonds. The average Bonchev–Trinajstić information content (AvgIpc) is 2.86. The molecular formula is C19H21N4O2+. The molecule has 1 aliphatic carbocycles. The monoisotopic (exact) mass is 337 g/mol. The van der Waals surface area contributed by atoms with Crippen molar-refractivity contribution in [2.45, 2.75) is 44.6 Å². The number of amidine groups is 1. The molecule has 3 N–H and O–H groups in total. The molecule has 1 saturated heterocycles. The normalized spacial score (nSPS) is 44.0. The van der Waals surface area contributed by atoms with Crippen LogP contribution < -0.4 is 10.7 Å². The first-order valence-electron chi connectivity index (χ1n) is 8.54. The van der Waals surface area contributed by atoms with Crippen molar-refractivity contribution in [3.63, 3.8) is 0 Å². The molecule has 6 nitrogen and oxygen atoms in total. The van der Waals surface area contributed by atoms with E-state index in [0.717, 1.165) is 11.1 Å². The van der Waals surface area contributed by atoms with E-state index in [9.17, 15) is 10.5 Å². The quantitative estimate of drug-likeness (QED) is 0.803. The summed E-state index contributed by atoms with van der Waals surface area (Å²) in [6, 6.07) is 12.7. The van der Waals surface area contributed by atoms with Crippen LogP contribution in [0.25, 0.3) is 0 Å². The van der Waals surface area contributed by atoms with E-state index in [0.29, 0.717) is 13.0 Å². The summed E-state index contributed by atoms with van der Waals surface area (Å²) in [5.41, 5.74) is 5.14. The van der Waals surface area contributed by atoms with Gasteiger partial charge < -0.3 is 9.47 Å². The molecule has 1 aromatic carbocycles. The van der Waals surface area contributed by atoms with Crippen molar-refractivity contribution >= 4 is 5.84 Å². The van der Waals surface area contributed by atoms with Crippen LogP contribution in [0.2, 0.25) is 0 Å². The molecule has 2 heterocycles. The molecule has 0 bridgehead atoms. The minimum atomic E-state index is -1.39. The third-order valence-electron chi connectivity index (χ3n) is 6.28. The van der Waals surface area contributed by atoms with Gasteiger partial charge in [-0.2, -0.15) is 10.5 Å². The van der Waals surface area contributed by atoms with Crippen molar-refractivity contribution in [2.75, 3.05) is 6.61 Å². The number of hydrogen-bond donors (Lipinski definition) is 2. The van der Waals surface area contributed by atoms with Crippen molar-refractivity contribution < 1.29 is 14.5 Å². The molecule has 128 valence electrons. The van der Waals surface area contributed by atoms with Gasteiger partial charge in [0.25, 0.3) is 5.84 Å². The molecule has 0 aromatic heterocycles. The number of benzene rings is 1. The number of ether oxygens (including phenoxy) is 2. The van der Waals surface area contributed by atoms with Gasteiger partial charge in [-0.05, 0) is 25.8 Å². The molecule has 1 saturated carbocycles. The second kappa shape index (κ2) is 4.60. The molecule has 1 spiro atoms. The van der Waals surface area contributed by atoms with E-state index >= 15 is 0 Å². The van der Waals surface area contributed by atoms with Gasteiger partial charge in [0.1, 0.15) is 0 Å². The van der Waals surface area contributed by atoms with E-state index in [1.54, 1.807) is 0 Å². The van der Waals surface area contributed by atoms with Gasteiger partial charge in [0.2, 0.25) is 0 Å². The van der Waals surface area contributed by atoms with Gasteiger partial charge in [-0.1, -0.05) is 36.8 Å².